The molecule has 0 spiro atoms. The average molecular weight is 341 g/mol. The molecule has 1 heterocycles. The molecule has 1 saturated heterocycles. The van der Waals surface area contributed by atoms with Gasteiger partial charge in [0.1, 0.15) is 0 Å². The number of rotatable bonds is 6. The fraction of sp³-hybridized carbons (Fsp3) is 0.263. The lowest BCUT2D eigenvalue weighted by Gasteiger charge is -2.12. The molecule has 5 heteroatoms. The van der Waals surface area contributed by atoms with Crippen LogP contribution in [0.3, 0.4) is 0 Å². The largest absolute Gasteiger partial charge is 0.388 e. The first-order valence-corrected chi connectivity index (χ1v) is 8.82. The molecule has 0 bridgehead atoms. The van der Waals surface area contributed by atoms with Crippen LogP contribution in [0.5, 0.6) is 0 Å². The molecule has 3 rings (SSSR count). The maximum atomic E-state index is 11.6. The number of aryl methyl sites for hydroxylation is 1. The van der Waals surface area contributed by atoms with Gasteiger partial charge in [-0.15, -0.1) is 0 Å². The summed E-state index contributed by atoms with van der Waals surface area (Å²) in [5, 5.41) is 12.0. The van der Waals surface area contributed by atoms with Gasteiger partial charge in [-0.3, -0.25) is 14.9 Å². The Morgan fingerprint density at radius 2 is 1.71 bits per heavy atom. The minimum Gasteiger partial charge on any atom is -0.388 e. The van der Waals surface area contributed by atoms with Gasteiger partial charge in [0.15, 0.2) is 0 Å². The summed E-state index contributed by atoms with van der Waals surface area (Å²) < 4.78 is 0. The molecule has 0 saturated carbocycles. The van der Waals surface area contributed by atoms with Crippen LogP contribution >= 0.6 is 11.8 Å². The second kappa shape index (κ2) is 7.64. The summed E-state index contributed by atoms with van der Waals surface area (Å²) in [6.45, 7) is 0. The zero-order valence-electron chi connectivity index (χ0n) is 13.1. The van der Waals surface area contributed by atoms with E-state index in [0.717, 1.165) is 29.3 Å². The van der Waals surface area contributed by atoms with Crippen molar-refractivity contribution in [3.05, 3.63) is 71.3 Å². The van der Waals surface area contributed by atoms with Crippen LogP contribution in [-0.2, 0) is 17.6 Å². The Morgan fingerprint density at radius 3 is 2.33 bits per heavy atom. The number of aliphatic hydroxyl groups excluding tert-OH is 1. The summed E-state index contributed by atoms with van der Waals surface area (Å²) in [5.74, 6) is -0.225. The number of benzene rings is 2. The molecular weight excluding hydrogens is 322 g/mol. The molecule has 2 aromatic rings. The third-order valence-electron chi connectivity index (χ3n) is 4.10. The Bertz CT molecular complexity index is 715. The van der Waals surface area contributed by atoms with Gasteiger partial charge in [-0.1, -0.05) is 66.4 Å². The van der Waals surface area contributed by atoms with Crippen LogP contribution in [0, 0.1) is 0 Å². The zero-order valence-corrected chi connectivity index (χ0v) is 14.0. The van der Waals surface area contributed by atoms with Gasteiger partial charge >= 0.3 is 0 Å². The van der Waals surface area contributed by atoms with E-state index in [2.05, 4.69) is 17.4 Å². The molecule has 0 aromatic heterocycles. The Balaban J connectivity index is 1.55. The van der Waals surface area contributed by atoms with E-state index in [1.54, 1.807) is 0 Å². The van der Waals surface area contributed by atoms with Crippen LogP contribution in [0.25, 0.3) is 0 Å². The number of hydrogen-bond donors (Lipinski definition) is 2. The minimum atomic E-state index is -0.509. The molecule has 0 radical (unpaired) electrons. The van der Waals surface area contributed by atoms with Gasteiger partial charge in [0.05, 0.1) is 11.4 Å². The van der Waals surface area contributed by atoms with E-state index in [1.165, 1.54) is 5.56 Å². The number of thioether (sulfide) groups is 1. The van der Waals surface area contributed by atoms with Crippen molar-refractivity contribution in [2.75, 3.05) is 0 Å². The second-order valence-electron chi connectivity index (χ2n) is 5.87. The maximum absolute atomic E-state index is 11.6. The van der Waals surface area contributed by atoms with Crippen molar-refractivity contribution in [3.8, 4) is 0 Å². The Kier molecular flexibility index (Phi) is 5.33. The number of hydrogen-bond acceptors (Lipinski definition) is 4. The molecule has 1 fully saturated rings. The monoisotopic (exact) mass is 341 g/mol. The van der Waals surface area contributed by atoms with Crippen LogP contribution in [0.15, 0.2) is 54.6 Å². The van der Waals surface area contributed by atoms with E-state index in [4.69, 9.17) is 0 Å². The van der Waals surface area contributed by atoms with Crippen molar-refractivity contribution in [3.63, 3.8) is 0 Å². The molecule has 2 N–H and O–H groups in total. The summed E-state index contributed by atoms with van der Waals surface area (Å²) >= 11 is 1.04. The molecule has 1 aliphatic heterocycles. The van der Waals surface area contributed by atoms with Crippen LogP contribution in [-0.4, -0.2) is 21.5 Å². The average Bonchev–Trinajstić information content (AvgIpc) is 2.91. The number of carbonyl (C=O) groups excluding carboxylic acids is 2. The first-order valence-electron chi connectivity index (χ1n) is 7.94. The van der Waals surface area contributed by atoms with Crippen molar-refractivity contribution in [1.82, 2.24) is 5.32 Å². The number of aliphatic hydroxyl groups is 1. The fourth-order valence-corrected chi connectivity index (χ4v) is 3.59. The van der Waals surface area contributed by atoms with Gasteiger partial charge in [0.25, 0.3) is 5.24 Å². The number of imide groups is 1. The molecule has 124 valence electrons. The quantitative estimate of drug-likeness (QED) is 0.846. The lowest BCUT2D eigenvalue weighted by Crippen LogP contribution is -2.25. The summed E-state index contributed by atoms with van der Waals surface area (Å²) in [5.41, 5.74) is 3.06. The highest BCUT2D eigenvalue weighted by Gasteiger charge is 2.31. The van der Waals surface area contributed by atoms with Crippen molar-refractivity contribution >= 4 is 22.9 Å². The number of nitrogens with one attached hydrogen (secondary N) is 1. The molecule has 1 aliphatic rings. The summed E-state index contributed by atoms with van der Waals surface area (Å²) in [7, 11) is 0. The minimum absolute atomic E-state index is 0.225. The van der Waals surface area contributed by atoms with Crippen LogP contribution in [0.2, 0.25) is 0 Å². The van der Waals surface area contributed by atoms with Gasteiger partial charge in [0, 0.05) is 0 Å². The van der Waals surface area contributed by atoms with Gasteiger partial charge in [-0.2, -0.15) is 0 Å². The highest BCUT2D eigenvalue weighted by molar-refractivity contribution is 8.15. The molecule has 2 amide bonds. The SMILES string of the molecule is O=C1NC(=O)C(Cc2ccc(C(O)CCc3ccccc3)cc2)S1. The van der Waals surface area contributed by atoms with Crippen LogP contribution < -0.4 is 5.32 Å². The predicted molar refractivity (Wildman–Crippen MR) is 94.8 cm³/mol. The highest BCUT2D eigenvalue weighted by atomic mass is 32.2. The molecule has 2 aromatic carbocycles. The molecule has 0 aliphatic carbocycles. The third-order valence-corrected chi connectivity index (χ3v) is 5.08. The third kappa shape index (κ3) is 4.24. The normalized spacial score (nSPS) is 18.5. The van der Waals surface area contributed by atoms with E-state index >= 15 is 0 Å². The maximum Gasteiger partial charge on any atom is 0.286 e. The highest BCUT2D eigenvalue weighted by Crippen LogP contribution is 2.24. The molecule has 2 atom stereocenters. The Labute approximate surface area is 145 Å². The van der Waals surface area contributed by atoms with E-state index < -0.39 is 6.10 Å². The lowest BCUT2D eigenvalue weighted by molar-refractivity contribution is -0.118. The zero-order chi connectivity index (χ0) is 16.9. The summed E-state index contributed by atoms with van der Waals surface area (Å²) in [6.07, 6.45) is 1.50. The van der Waals surface area contributed by atoms with Gasteiger partial charge < -0.3 is 5.11 Å². The van der Waals surface area contributed by atoms with E-state index in [9.17, 15) is 14.7 Å². The van der Waals surface area contributed by atoms with Crippen molar-refractivity contribution < 1.29 is 14.7 Å². The first-order chi connectivity index (χ1) is 11.6. The lowest BCUT2D eigenvalue weighted by atomic mass is 9.99. The topological polar surface area (TPSA) is 66.4 Å². The second-order valence-corrected chi connectivity index (χ2v) is 7.04. The smallest absolute Gasteiger partial charge is 0.286 e. The van der Waals surface area contributed by atoms with E-state index in [-0.39, 0.29) is 16.4 Å². The van der Waals surface area contributed by atoms with Crippen molar-refractivity contribution in [1.29, 1.82) is 0 Å². The molecular formula is C19H19NO3S. The molecule has 2 unspecified atom stereocenters. The molecule has 4 nitrogen and oxygen atoms in total. The standard InChI is InChI=1S/C19H19NO3S/c21-16(11-8-13-4-2-1-3-5-13)15-9-6-14(7-10-15)12-17-18(22)20-19(23)24-17/h1-7,9-10,16-17,21H,8,11-12H2,(H,20,22,23). The number of carbonyl (C=O) groups is 2. The predicted octanol–water partition coefficient (Wildman–Crippen LogP) is 3.25. The fourth-order valence-electron chi connectivity index (χ4n) is 2.73. The summed E-state index contributed by atoms with van der Waals surface area (Å²) in [4.78, 5) is 22.8. The van der Waals surface area contributed by atoms with Crippen molar-refractivity contribution in [2.24, 2.45) is 0 Å². The first kappa shape index (κ1) is 16.7. The van der Waals surface area contributed by atoms with Gasteiger partial charge in [-0.25, -0.2) is 0 Å². The molecule has 24 heavy (non-hydrogen) atoms. The van der Waals surface area contributed by atoms with Gasteiger partial charge in [0.2, 0.25) is 5.91 Å². The van der Waals surface area contributed by atoms with E-state index in [0.29, 0.717) is 12.8 Å². The van der Waals surface area contributed by atoms with Crippen LogP contribution in [0.1, 0.15) is 29.2 Å². The van der Waals surface area contributed by atoms with Crippen LogP contribution in [0.4, 0.5) is 4.79 Å². The van der Waals surface area contributed by atoms with Gasteiger partial charge in [-0.05, 0) is 36.0 Å². The number of amides is 2. The van der Waals surface area contributed by atoms with Crippen molar-refractivity contribution in [2.45, 2.75) is 30.6 Å². The summed E-state index contributed by atoms with van der Waals surface area (Å²) in [6, 6.07) is 17.7. The van der Waals surface area contributed by atoms with E-state index in [1.807, 2.05) is 42.5 Å². The Hall–Kier alpha value is -2.11. The Morgan fingerprint density at radius 1 is 1.00 bits per heavy atom.